The van der Waals surface area contributed by atoms with Crippen LogP contribution < -0.4 is 10.1 Å². The van der Waals surface area contributed by atoms with Gasteiger partial charge in [0.15, 0.2) is 17.1 Å². The first kappa shape index (κ1) is 22.1. The van der Waals surface area contributed by atoms with Crippen LogP contribution in [0, 0.1) is 12.7 Å². The van der Waals surface area contributed by atoms with Crippen molar-refractivity contribution in [1.82, 2.24) is 14.8 Å². The summed E-state index contributed by atoms with van der Waals surface area (Å²) in [6.07, 6.45) is -0.348. The molecule has 9 heteroatoms. The number of aryl methyl sites for hydroxylation is 1. The van der Waals surface area contributed by atoms with Crippen molar-refractivity contribution in [2.45, 2.75) is 38.6 Å². The first-order valence-electron chi connectivity index (χ1n) is 9.42. The number of rotatable bonds is 8. The van der Waals surface area contributed by atoms with Crippen LogP contribution in [0.15, 0.2) is 47.6 Å². The third-order valence-corrected chi connectivity index (χ3v) is 5.74. The Morgan fingerprint density at radius 3 is 2.77 bits per heavy atom. The van der Waals surface area contributed by atoms with Gasteiger partial charge in [0.25, 0.3) is 0 Å². The molecule has 6 nitrogen and oxygen atoms in total. The number of anilines is 1. The second kappa shape index (κ2) is 9.95. The molecule has 0 saturated carbocycles. The standard InChI is InChI=1S/C21H22ClFN4O2S/c1-4-27-20(14(3)29-15-9-10-16(22)13(2)11-15)25-26-21(27)30-12-19(28)24-18-8-6-5-7-17(18)23/h5-11,14H,4,12H2,1-3H3,(H,24,28). The lowest BCUT2D eigenvalue weighted by Crippen LogP contribution is -2.16. The van der Waals surface area contributed by atoms with E-state index in [0.29, 0.717) is 28.3 Å². The first-order chi connectivity index (χ1) is 14.4. The van der Waals surface area contributed by atoms with E-state index in [2.05, 4.69) is 15.5 Å². The lowest BCUT2D eigenvalue weighted by Gasteiger charge is -2.16. The summed E-state index contributed by atoms with van der Waals surface area (Å²) in [6, 6.07) is 11.5. The second-order valence-electron chi connectivity index (χ2n) is 6.57. The molecule has 0 aliphatic heterocycles. The van der Waals surface area contributed by atoms with Crippen molar-refractivity contribution < 1.29 is 13.9 Å². The molecule has 1 heterocycles. The SMILES string of the molecule is CCn1c(SCC(=O)Nc2ccccc2F)nnc1C(C)Oc1ccc(Cl)c(C)c1. The van der Waals surface area contributed by atoms with Gasteiger partial charge in [-0.25, -0.2) is 4.39 Å². The summed E-state index contributed by atoms with van der Waals surface area (Å²) >= 11 is 7.30. The molecular weight excluding hydrogens is 427 g/mol. The molecule has 2 aromatic carbocycles. The Morgan fingerprint density at radius 1 is 1.30 bits per heavy atom. The van der Waals surface area contributed by atoms with Crippen molar-refractivity contribution in [1.29, 1.82) is 0 Å². The summed E-state index contributed by atoms with van der Waals surface area (Å²) in [5.41, 5.74) is 1.08. The molecule has 0 saturated heterocycles. The maximum absolute atomic E-state index is 13.7. The van der Waals surface area contributed by atoms with Crippen LogP contribution in [0.25, 0.3) is 0 Å². The molecule has 30 heavy (non-hydrogen) atoms. The number of para-hydroxylation sites is 1. The summed E-state index contributed by atoms with van der Waals surface area (Å²) in [6.45, 7) is 6.39. The zero-order valence-electron chi connectivity index (χ0n) is 16.9. The minimum atomic E-state index is -0.474. The Labute approximate surface area is 183 Å². The molecule has 1 amide bonds. The molecule has 0 radical (unpaired) electrons. The molecule has 0 aliphatic rings. The Morgan fingerprint density at radius 2 is 2.07 bits per heavy atom. The lowest BCUT2D eigenvalue weighted by atomic mass is 10.2. The molecule has 1 atom stereocenters. The van der Waals surface area contributed by atoms with E-state index in [-0.39, 0.29) is 23.5 Å². The van der Waals surface area contributed by atoms with Crippen molar-refractivity contribution >= 4 is 35.0 Å². The van der Waals surface area contributed by atoms with Gasteiger partial charge in [0.1, 0.15) is 11.6 Å². The number of hydrogen-bond acceptors (Lipinski definition) is 5. The topological polar surface area (TPSA) is 69.0 Å². The number of carbonyl (C=O) groups excluding carboxylic acids is 1. The van der Waals surface area contributed by atoms with E-state index in [9.17, 15) is 9.18 Å². The quantitative estimate of drug-likeness (QED) is 0.475. The number of benzene rings is 2. The molecule has 1 aromatic heterocycles. The van der Waals surface area contributed by atoms with Gasteiger partial charge < -0.3 is 14.6 Å². The Bertz CT molecular complexity index is 1040. The van der Waals surface area contributed by atoms with Gasteiger partial charge in [-0.05, 0) is 56.7 Å². The van der Waals surface area contributed by atoms with Crippen LogP contribution >= 0.6 is 23.4 Å². The van der Waals surface area contributed by atoms with Crippen LogP contribution in [0.5, 0.6) is 5.75 Å². The number of amides is 1. The van der Waals surface area contributed by atoms with Crippen LogP contribution in [-0.2, 0) is 11.3 Å². The molecule has 0 fully saturated rings. The summed E-state index contributed by atoms with van der Waals surface area (Å²) < 4.78 is 21.6. The van der Waals surface area contributed by atoms with E-state index in [4.69, 9.17) is 16.3 Å². The van der Waals surface area contributed by atoms with Gasteiger partial charge in [0.2, 0.25) is 5.91 Å². The zero-order chi connectivity index (χ0) is 21.7. The Balaban J connectivity index is 1.65. The van der Waals surface area contributed by atoms with Crippen LogP contribution in [0.4, 0.5) is 10.1 Å². The minimum Gasteiger partial charge on any atom is -0.483 e. The Hall–Kier alpha value is -2.58. The Kier molecular flexibility index (Phi) is 7.33. The third kappa shape index (κ3) is 5.31. The fourth-order valence-corrected chi connectivity index (χ4v) is 3.76. The highest BCUT2D eigenvalue weighted by molar-refractivity contribution is 7.99. The number of carbonyl (C=O) groups is 1. The summed E-state index contributed by atoms with van der Waals surface area (Å²) in [5.74, 6) is 0.630. The summed E-state index contributed by atoms with van der Waals surface area (Å²) in [4.78, 5) is 12.2. The molecule has 0 bridgehead atoms. The number of nitrogens with one attached hydrogen (secondary N) is 1. The molecule has 3 aromatic rings. The highest BCUT2D eigenvalue weighted by Crippen LogP contribution is 2.27. The molecule has 1 unspecified atom stereocenters. The number of nitrogens with zero attached hydrogens (tertiary/aromatic N) is 3. The van der Waals surface area contributed by atoms with Crippen molar-refractivity contribution in [3.63, 3.8) is 0 Å². The zero-order valence-corrected chi connectivity index (χ0v) is 18.4. The van der Waals surface area contributed by atoms with E-state index >= 15 is 0 Å². The number of hydrogen-bond donors (Lipinski definition) is 1. The molecule has 3 rings (SSSR count). The van der Waals surface area contributed by atoms with Crippen molar-refractivity contribution in [2.75, 3.05) is 11.1 Å². The van der Waals surface area contributed by atoms with Crippen LogP contribution in [0.3, 0.4) is 0 Å². The maximum Gasteiger partial charge on any atom is 0.234 e. The van der Waals surface area contributed by atoms with Gasteiger partial charge in [0.05, 0.1) is 11.4 Å². The number of ether oxygens (including phenoxy) is 1. The third-order valence-electron chi connectivity index (χ3n) is 4.35. The predicted molar refractivity (Wildman–Crippen MR) is 117 cm³/mol. The largest absolute Gasteiger partial charge is 0.483 e. The highest BCUT2D eigenvalue weighted by Gasteiger charge is 2.20. The van der Waals surface area contributed by atoms with E-state index < -0.39 is 5.82 Å². The average Bonchev–Trinajstić information content (AvgIpc) is 3.14. The van der Waals surface area contributed by atoms with Gasteiger partial charge in [-0.2, -0.15) is 0 Å². The van der Waals surface area contributed by atoms with Gasteiger partial charge in [0, 0.05) is 11.6 Å². The molecule has 158 valence electrons. The van der Waals surface area contributed by atoms with Gasteiger partial charge in [-0.3, -0.25) is 4.79 Å². The number of thioether (sulfide) groups is 1. The number of aromatic nitrogens is 3. The molecule has 0 spiro atoms. The van der Waals surface area contributed by atoms with Gasteiger partial charge >= 0.3 is 0 Å². The lowest BCUT2D eigenvalue weighted by molar-refractivity contribution is -0.113. The van der Waals surface area contributed by atoms with E-state index in [1.807, 2.05) is 31.4 Å². The molecule has 1 N–H and O–H groups in total. The monoisotopic (exact) mass is 448 g/mol. The van der Waals surface area contributed by atoms with E-state index in [1.165, 1.54) is 23.9 Å². The fourth-order valence-electron chi connectivity index (χ4n) is 2.83. The predicted octanol–water partition coefficient (Wildman–Crippen LogP) is 5.27. The highest BCUT2D eigenvalue weighted by atomic mass is 35.5. The van der Waals surface area contributed by atoms with Crippen LogP contribution in [0.1, 0.15) is 31.3 Å². The summed E-state index contributed by atoms with van der Waals surface area (Å²) in [5, 5.41) is 12.3. The molecule has 0 aliphatic carbocycles. The minimum absolute atomic E-state index is 0.0814. The number of halogens is 2. The fraction of sp³-hybridized carbons (Fsp3) is 0.286. The van der Waals surface area contributed by atoms with Crippen LogP contribution in [-0.4, -0.2) is 26.4 Å². The summed E-state index contributed by atoms with van der Waals surface area (Å²) in [7, 11) is 0. The average molecular weight is 449 g/mol. The van der Waals surface area contributed by atoms with E-state index in [0.717, 1.165) is 5.56 Å². The van der Waals surface area contributed by atoms with Crippen molar-refractivity contribution in [3.05, 3.63) is 64.7 Å². The smallest absolute Gasteiger partial charge is 0.234 e. The van der Waals surface area contributed by atoms with Crippen LogP contribution in [0.2, 0.25) is 5.02 Å². The maximum atomic E-state index is 13.7. The van der Waals surface area contributed by atoms with Gasteiger partial charge in [-0.15, -0.1) is 10.2 Å². The first-order valence-corrected chi connectivity index (χ1v) is 10.8. The normalized spacial score (nSPS) is 11.9. The van der Waals surface area contributed by atoms with Crippen molar-refractivity contribution in [3.8, 4) is 5.75 Å². The van der Waals surface area contributed by atoms with Gasteiger partial charge in [-0.1, -0.05) is 35.5 Å². The van der Waals surface area contributed by atoms with E-state index in [1.54, 1.807) is 24.3 Å². The molecular formula is C21H22ClFN4O2S. The second-order valence-corrected chi connectivity index (χ2v) is 7.92. The van der Waals surface area contributed by atoms with Crippen molar-refractivity contribution in [2.24, 2.45) is 0 Å².